The number of amides is 1. The third-order valence-electron chi connectivity index (χ3n) is 12.7. The summed E-state index contributed by atoms with van der Waals surface area (Å²) in [6.45, 7) is 4.87. The molecule has 6 nitrogen and oxygen atoms in total. The van der Waals surface area contributed by atoms with Crippen molar-refractivity contribution in [3.63, 3.8) is 0 Å². The number of ether oxygens (including phenoxy) is 1. The molecule has 3 N–H and O–H groups in total. The predicted molar refractivity (Wildman–Crippen MR) is 269 cm³/mol. The topological polar surface area (TPSA) is 95.9 Å². The Balaban J connectivity index is 3.37. The van der Waals surface area contributed by atoms with Crippen LogP contribution in [0.15, 0.2) is 24.3 Å². The number of hydrogen-bond acceptors (Lipinski definition) is 5. The second-order valence-corrected chi connectivity index (χ2v) is 18.9. The van der Waals surface area contributed by atoms with Crippen LogP contribution in [0.3, 0.4) is 0 Å². The van der Waals surface area contributed by atoms with E-state index >= 15 is 0 Å². The molecular weight excluding hydrogens is 767 g/mol. The maximum atomic E-state index is 12.4. The highest BCUT2D eigenvalue weighted by Crippen LogP contribution is 2.17. The van der Waals surface area contributed by atoms with Gasteiger partial charge in [0, 0.05) is 12.8 Å². The van der Waals surface area contributed by atoms with Crippen LogP contribution in [0, 0.1) is 0 Å². The zero-order valence-electron chi connectivity index (χ0n) is 41.6. The fourth-order valence-electron chi connectivity index (χ4n) is 8.45. The van der Waals surface area contributed by atoms with Crippen LogP contribution in [0.2, 0.25) is 0 Å². The van der Waals surface area contributed by atoms with E-state index in [9.17, 15) is 19.8 Å². The van der Waals surface area contributed by atoms with Gasteiger partial charge in [-0.2, -0.15) is 0 Å². The van der Waals surface area contributed by atoms with E-state index in [1.807, 2.05) is 6.08 Å². The Morgan fingerprint density at radius 2 is 0.758 bits per heavy atom. The smallest absolute Gasteiger partial charge is 0.305 e. The first-order chi connectivity index (χ1) is 30.5. The lowest BCUT2D eigenvalue weighted by Crippen LogP contribution is -2.45. The zero-order chi connectivity index (χ0) is 45.1. The fourth-order valence-corrected chi connectivity index (χ4v) is 8.45. The summed E-state index contributed by atoms with van der Waals surface area (Å²) in [5, 5.41) is 22.9. The van der Waals surface area contributed by atoms with Crippen LogP contribution in [-0.2, 0) is 14.3 Å². The Bertz CT molecular complexity index is 966. The van der Waals surface area contributed by atoms with Gasteiger partial charge in [0.2, 0.25) is 5.91 Å². The second-order valence-electron chi connectivity index (χ2n) is 18.9. The van der Waals surface area contributed by atoms with E-state index in [-0.39, 0.29) is 18.5 Å². The molecule has 0 heterocycles. The monoisotopic (exact) mass is 874 g/mol. The van der Waals surface area contributed by atoms with E-state index in [1.165, 1.54) is 225 Å². The largest absolute Gasteiger partial charge is 0.466 e. The molecule has 2 atom stereocenters. The molecule has 0 aliphatic rings. The highest BCUT2D eigenvalue weighted by atomic mass is 16.5. The van der Waals surface area contributed by atoms with Gasteiger partial charge in [-0.3, -0.25) is 9.59 Å². The maximum Gasteiger partial charge on any atom is 0.305 e. The number of carbonyl (C=O) groups is 2. The van der Waals surface area contributed by atoms with E-state index in [4.69, 9.17) is 4.74 Å². The van der Waals surface area contributed by atoms with Gasteiger partial charge < -0.3 is 20.3 Å². The molecule has 2 unspecified atom stereocenters. The summed E-state index contributed by atoms with van der Waals surface area (Å²) in [6.07, 6.45) is 62.0. The number of aliphatic hydroxyl groups excluding tert-OH is 2. The third-order valence-corrected chi connectivity index (χ3v) is 12.7. The van der Waals surface area contributed by atoms with Crippen LogP contribution < -0.4 is 5.32 Å². The Labute approximate surface area is 386 Å². The van der Waals surface area contributed by atoms with E-state index in [1.54, 1.807) is 6.08 Å². The molecule has 0 saturated heterocycles. The molecule has 0 bridgehead atoms. The second kappa shape index (κ2) is 52.0. The molecule has 6 heteroatoms. The van der Waals surface area contributed by atoms with Crippen molar-refractivity contribution in [2.24, 2.45) is 0 Å². The highest BCUT2D eigenvalue weighted by Gasteiger charge is 2.18. The van der Waals surface area contributed by atoms with Gasteiger partial charge in [0.25, 0.3) is 0 Å². The van der Waals surface area contributed by atoms with Crippen LogP contribution >= 0.6 is 0 Å². The summed E-state index contributed by atoms with van der Waals surface area (Å²) in [5.74, 6) is -0.0684. The summed E-state index contributed by atoms with van der Waals surface area (Å²) in [7, 11) is 0. The van der Waals surface area contributed by atoms with Crippen LogP contribution in [0.4, 0.5) is 0 Å². The Morgan fingerprint density at radius 3 is 1.15 bits per heavy atom. The molecule has 0 aromatic heterocycles. The molecule has 0 fully saturated rings. The van der Waals surface area contributed by atoms with Gasteiger partial charge in [-0.05, 0) is 57.8 Å². The van der Waals surface area contributed by atoms with E-state index in [0.717, 1.165) is 44.9 Å². The lowest BCUT2D eigenvalue weighted by Gasteiger charge is -2.20. The highest BCUT2D eigenvalue weighted by molar-refractivity contribution is 5.76. The quantitative estimate of drug-likeness (QED) is 0.0321. The summed E-state index contributed by atoms with van der Waals surface area (Å²) in [4.78, 5) is 24.4. The van der Waals surface area contributed by atoms with E-state index in [0.29, 0.717) is 19.4 Å². The van der Waals surface area contributed by atoms with Gasteiger partial charge in [-0.15, -0.1) is 0 Å². The van der Waals surface area contributed by atoms with Gasteiger partial charge in [-0.1, -0.05) is 250 Å². The van der Waals surface area contributed by atoms with Crippen LogP contribution in [0.25, 0.3) is 0 Å². The summed E-state index contributed by atoms with van der Waals surface area (Å²) in [6, 6.07) is -0.626. The molecule has 1 amide bonds. The number of unbranched alkanes of at least 4 members (excludes halogenated alkanes) is 38. The van der Waals surface area contributed by atoms with E-state index in [2.05, 4.69) is 31.3 Å². The van der Waals surface area contributed by atoms with Crippen molar-refractivity contribution >= 4 is 11.9 Å². The van der Waals surface area contributed by atoms with Gasteiger partial charge in [0.15, 0.2) is 0 Å². The standard InChI is InChI=1S/C56H107NO5/c1-3-5-7-9-11-13-14-15-23-27-30-34-38-42-46-50-56(61)62-51-47-43-39-35-31-28-25-22-20-18-16-17-19-21-24-26-29-33-37-41-45-49-55(60)57-53(52-58)54(59)48-44-40-36-32-12-10-8-6-4-2/h15,23,44,48,53-54,58-59H,3-14,16-22,24-43,45-47,49-52H2,1-2H3,(H,57,60)/b23-15-,48-44+. The molecule has 0 aromatic rings. The minimum absolute atomic E-state index is 0.00313. The number of aliphatic hydroxyl groups is 2. The fraction of sp³-hybridized carbons (Fsp3) is 0.893. The molecule has 0 saturated carbocycles. The summed E-state index contributed by atoms with van der Waals surface area (Å²) in [5.41, 5.74) is 0. The van der Waals surface area contributed by atoms with Crippen molar-refractivity contribution in [2.75, 3.05) is 13.2 Å². The van der Waals surface area contributed by atoms with Gasteiger partial charge in [-0.25, -0.2) is 0 Å². The first kappa shape index (κ1) is 60.3. The van der Waals surface area contributed by atoms with Crippen LogP contribution in [0.5, 0.6) is 0 Å². The predicted octanol–water partition coefficient (Wildman–Crippen LogP) is 16.7. The van der Waals surface area contributed by atoms with Gasteiger partial charge in [0.05, 0.1) is 25.4 Å². The molecule has 0 radical (unpaired) electrons. The van der Waals surface area contributed by atoms with Crippen molar-refractivity contribution < 1.29 is 24.5 Å². The van der Waals surface area contributed by atoms with Crippen LogP contribution in [-0.4, -0.2) is 47.4 Å². The van der Waals surface area contributed by atoms with Gasteiger partial charge in [0.1, 0.15) is 0 Å². The minimum Gasteiger partial charge on any atom is -0.466 e. The van der Waals surface area contributed by atoms with Crippen molar-refractivity contribution in [2.45, 2.75) is 309 Å². The van der Waals surface area contributed by atoms with Gasteiger partial charge >= 0.3 is 5.97 Å². The summed E-state index contributed by atoms with van der Waals surface area (Å²) >= 11 is 0. The number of rotatable bonds is 51. The lowest BCUT2D eigenvalue weighted by molar-refractivity contribution is -0.143. The first-order valence-electron chi connectivity index (χ1n) is 27.6. The normalized spacial score (nSPS) is 12.8. The van der Waals surface area contributed by atoms with Crippen molar-refractivity contribution in [1.29, 1.82) is 0 Å². The average molecular weight is 874 g/mol. The number of esters is 1. The molecule has 62 heavy (non-hydrogen) atoms. The van der Waals surface area contributed by atoms with Crippen molar-refractivity contribution in [3.8, 4) is 0 Å². The summed E-state index contributed by atoms with van der Waals surface area (Å²) < 4.78 is 5.47. The van der Waals surface area contributed by atoms with Crippen molar-refractivity contribution in [1.82, 2.24) is 5.32 Å². The molecule has 0 aliphatic heterocycles. The Morgan fingerprint density at radius 1 is 0.435 bits per heavy atom. The molecule has 366 valence electrons. The van der Waals surface area contributed by atoms with Crippen molar-refractivity contribution in [3.05, 3.63) is 24.3 Å². The number of carbonyl (C=O) groups excluding carboxylic acids is 2. The molecule has 0 aromatic carbocycles. The SMILES string of the molecule is CCCCCCCC/C=C\CCCCCCCC(=O)OCCCCCCCCCCCCCCCCCCCCCCCC(=O)NC(CO)C(O)/C=C/CCCCCCCCC. The number of nitrogens with one attached hydrogen (secondary N) is 1. The Hall–Kier alpha value is -1.66. The maximum absolute atomic E-state index is 12.4. The molecule has 0 spiro atoms. The molecular formula is C56H107NO5. The molecule has 0 aliphatic carbocycles. The van der Waals surface area contributed by atoms with E-state index < -0.39 is 12.1 Å². The molecule has 0 rings (SSSR count). The minimum atomic E-state index is -0.842. The average Bonchev–Trinajstić information content (AvgIpc) is 3.27. The lowest BCUT2D eigenvalue weighted by atomic mass is 10.0. The zero-order valence-corrected chi connectivity index (χ0v) is 41.6. The van der Waals surface area contributed by atoms with Crippen LogP contribution in [0.1, 0.15) is 296 Å². The third kappa shape index (κ3) is 47.8. The number of allylic oxidation sites excluding steroid dienone is 3. The first-order valence-corrected chi connectivity index (χ1v) is 27.6. The Kier molecular flexibility index (Phi) is 50.6. The number of hydrogen-bond donors (Lipinski definition) is 3.